The van der Waals surface area contributed by atoms with Crippen LogP contribution >= 0.6 is 23.1 Å². The minimum atomic E-state index is -0.0644. The number of thioether (sulfide) groups is 1. The third kappa shape index (κ3) is 3.50. The summed E-state index contributed by atoms with van der Waals surface area (Å²) in [5.74, 6) is 1.01. The lowest BCUT2D eigenvalue weighted by atomic mass is 9.78. The number of carbonyl (C=O) groups is 3. The van der Waals surface area contributed by atoms with Crippen molar-refractivity contribution in [3.63, 3.8) is 0 Å². The molecule has 0 spiro atoms. The number of amides is 1. The van der Waals surface area contributed by atoms with Gasteiger partial charge < -0.3 is 0 Å². The van der Waals surface area contributed by atoms with E-state index >= 15 is 0 Å². The lowest BCUT2D eigenvalue weighted by molar-refractivity contribution is -0.117. The minimum absolute atomic E-state index is 0.0389. The number of nitrogens with zero attached hydrogens (tertiary/aromatic N) is 2. The molecule has 5 nitrogen and oxygen atoms in total. The van der Waals surface area contributed by atoms with Crippen molar-refractivity contribution in [3.05, 3.63) is 10.6 Å². The van der Waals surface area contributed by atoms with Gasteiger partial charge in [0, 0.05) is 32.1 Å². The fourth-order valence-electron chi connectivity index (χ4n) is 3.14. The van der Waals surface area contributed by atoms with Crippen molar-refractivity contribution < 1.29 is 14.4 Å². The number of ketones is 1. The molecule has 1 aliphatic carbocycles. The Morgan fingerprint density at radius 2 is 2.13 bits per heavy atom. The van der Waals surface area contributed by atoms with E-state index < -0.39 is 0 Å². The van der Waals surface area contributed by atoms with Gasteiger partial charge in [-0.15, -0.1) is 0 Å². The Hall–Kier alpha value is -1.21. The van der Waals surface area contributed by atoms with Crippen LogP contribution in [0.25, 0.3) is 0 Å². The SMILES string of the molecule is CC(=O)SCC1CC(=O)N(c2nc3c(s2)C(=O)CC(C)(C)C3)C1. The summed E-state index contributed by atoms with van der Waals surface area (Å²) in [5, 5.41) is 0.717. The van der Waals surface area contributed by atoms with Crippen LogP contribution in [-0.4, -0.2) is 34.1 Å². The predicted molar refractivity (Wildman–Crippen MR) is 92.1 cm³/mol. The molecule has 2 aliphatic rings. The fraction of sp³-hybridized carbons (Fsp3) is 0.625. The Labute approximate surface area is 143 Å². The van der Waals surface area contributed by atoms with Gasteiger partial charge in [-0.2, -0.15) is 0 Å². The van der Waals surface area contributed by atoms with Crippen molar-refractivity contribution in [2.45, 2.75) is 40.0 Å². The van der Waals surface area contributed by atoms with Gasteiger partial charge in [0.1, 0.15) is 0 Å². The first-order valence-electron chi connectivity index (χ1n) is 7.72. The van der Waals surface area contributed by atoms with E-state index in [1.54, 1.807) is 11.8 Å². The summed E-state index contributed by atoms with van der Waals surface area (Å²) in [4.78, 5) is 42.6. The van der Waals surface area contributed by atoms with E-state index in [9.17, 15) is 14.4 Å². The van der Waals surface area contributed by atoms with E-state index in [0.717, 1.165) is 12.1 Å². The molecule has 124 valence electrons. The lowest BCUT2D eigenvalue weighted by Crippen LogP contribution is -2.26. The minimum Gasteiger partial charge on any atom is -0.293 e. The quantitative estimate of drug-likeness (QED) is 0.837. The number of Topliss-reactive ketones (excluding diaryl/α,β-unsaturated/α-hetero) is 1. The van der Waals surface area contributed by atoms with Gasteiger partial charge >= 0.3 is 0 Å². The van der Waals surface area contributed by atoms with Crippen LogP contribution in [0.2, 0.25) is 0 Å². The summed E-state index contributed by atoms with van der Waals surface area (Å²) in [6, 6.07) is 0. The maximum Gasteiger partial charge on any atom is 0.229 e. The van der Waals surface area contributed by atoms with E-state index in [1.165, 1.54) is 23.1 Å². The van der Waals surface area contributed by atoms with Gasteiger partial charge in [-0.25, -0.2) is 4.98 Å². The number of rotatable bonds is 3. The Morgan fingerprint density at radius 3 is 2.83 bits per heavy atom. The zero-order valence-electron chi connectivity index (χ0n) is 13.5. The van der Waals surface area contributed by atoms with Crippen LogP contribution in [0, 0.1) is 11.3 Å². The zero-order valence-corrected chi connectivity index (χ0v) is 15.2. The predicted octanol–water partition coefficient (Wildman–Crippen LogP) is 2.93. The summed E-state index contributed by atoms with van der Waals surface area (Å²) < 4.78 is 0. The Balaban J connectivity index is 1.77. The largest absolute Gasteiger partial charge is 0.293 e. The van der Waals surface area contributed by atoms with Crippen LogP contribution in [0.4, 0.5) is 5.13 Å². The average Bonchev–Trinajstić information content (AvgIpc) is 2.98. The van der Waals surface area contributed by atoms with Crippen molar-refractivity contribution in [2.75, 3.05) is 17.2 Å². The first kappa shape index (κ1) is 16.6. The third-order valence-electron chi connectivity index (χ3n) is 4.18. The second-order valence-electron chi connectivity index (χ2n) is 7.09. The number of fused-ring (bicyclic) bond motifs is 1. The van der Waals surface area contributed by atoms with E-state index in [1.807, 2.05) is 0 Å². The molecule has 1 unspecified atom stereocenters. The molecule has 0 radical (unpaired) electrons. The zero-order chi connectivity index (χ0) is 16.8. The van der Waals surface area contributed by atoms with Gasteiger partial charge in [-0.05, 0) is 17.8 Å². The highest BCUT2D eigenvalue weighted by Gasteiger charge is 2.37. The maximum atomic E-state index is 12.3. The van der Waals surface area contributed by atoms with Gasteiger partial charge in [0.2, 0.25) is 5.91 Å². The fourth-order valence-corrected chi connectivity index (χ4v) is 4.88. The molecule has 1 fully saturated rings. The summed E-state index contributed by atoms with van der Waals surface area (Å²) in [6.45, 7) is 6.27. The second-order valence-corrected chi connectivity index (χ2v) is 9.26. The Kier molecular flexibility index (Phi) is 4.35. The molecule has 0 bridgehead atoms. The first-order chi connectivity index (χ1) is 10.7. The Morgan fingerprint density at radius 1 is 1.39 bits per heavy atom. The molecule has 1 saturated heterocycles. The van der Waals surface area contributed by atoms with Crippen LogP contribution < -0.4 is 4.90 Å². The third-order valence-corrected chi connectivity index (χ3v) is 6.39. The normalized spacial score (nSPS) is 23.3. The number of aromatic nitrogens is 1. The van der Waals surface area contributed by atoms with Gasteiger partial charge in [0.25, 0.3) is 0 Å². The number of thiazole rings is 1. The molecule has 1 aliphatic heterocycles. The molecule has 0 aromatic carbocycles. The topological polar surface area (TPSA) is 67.3 Å². The molecule has 3 rings (SSSR count). The lowest BCUT2D eigenvalue weighted by Gasteiger charge is -2.26. The molecule has 1 amide bonds. The summed E-state index contributed by atoms with van der Waals surface area (Å²) in [7, 11) is 0. The van der Waals surface area contributed by atoms with Gasteiger partial charge in [0.05, 0.1) is 10.6 Å². The molecule has 2 heterocycles. The number of carbonyl (C=O) groups excluding carboxylic acids is 3. The van der Waals surface area contributed by atoms with Crippen molar-refractivity contribution in [1.29, 1.82) is 0 Å². The molecule has 0 saturated carbocycles. The van der Waals surface area contributed by atoms with E-state index in [-0.39, 0.29) is 28.1 Å². The van der Waals surface area contributed by atoms with E-state index in [4.69, 9.17) is 0 Å². The molecular formula is C16H20N2O3S2. The molecule has 1 aromatic heterocycles. The maximum absolute atomic E-state index is 12.3. The summed E-state index contributed by atoms with van der Waals surface area (Å²) in [6.07, 6.45) is 1.76. The van der Waals surface area contributed by atoms with E-state index in [2.05, 4.69) is 18.8 Å². The average molecular weight is 352 g/mol. The summed E-state index contributed by atoms with van der Waals surface area (Å²) >= 11 is 2.61. The number of anilines is 1. The molecule has 1 aromatic rings. The highest BCUT2D eigenvalue weighted by Crippen LogP contribution is 2.40. The number of hydrogen-bond donors (Lipinski definition) is 0. The molecule has 1 atom stereocenters. The number of hydrogen-bond acceptors (Lipinski definition) is 6. The molecule has 0 N–H and O–H groups in total. The second kappa shape index (κ2) is 6.02. The van der Waals surface area contributed by atoms with Gasteiger partial charge in [-0.1, -0.05) is 36.9 Å². The van der Waals surface area contributed by atoms with Crippen LogP contribution in [0.3, 0.4) is 0 Å². The van der Waals surface area contributed by atoms with Crippen LogP contribution in [0.5, 0.6) is 0 Å². The van der Waals surface area contributed by atoms with Crippen molar-refractivity contribution >= 4 is 45.0 Å². The van der Waals surface area contributed by atoms with Gasteiger partial charge in [0.15, 0.2) is 16.0 Å². The standard InChI is InChI=1S/C16H20N2O3S2/c1-9(19)22-8-10-4-13(21)18(7-10)15-17-11-5-16(2,3)6-12(20)14(11)23-15/h10H,4-8H2,1-3H3. The summed E-state index contributed by atoms with van der Waals surface area (Å²) in [5.41, 5.74) is 0.770. The highest BCUT2D eigenvalue weighted by atomic mass is 32.2. The Bertz CT molecular complexity index is 681. The van der Waals surface area contributed by atoms with Crippen molar-refractivity contribution in [1.82, 2.24) is 4.98 Å². The van der Waals surface area contributed by atoms with Gasteiger partial charge in [-0.3, -0.25) is 19.3 Å². The highest BCUT2D eigenvalue weighted by molar-refractivity contribution is 8.13. The van der Waals surface area contributed by atoms with Crippen LogP contribution in [-0.2, 0) is 16.0 Å². The molecule has 23 heavy (non-hydrogen) atoms. The van der Waals surface area contributed by atoms with Crippen LogP contribution in [0.1, 0.15) is 49.0 Å². The molecular weight excluding hydrogens is 332 g/mol. The van der Waals surface area contributed by atoms with Crippen LogP contribution in [0.15, 0.2) is 0 Å². The monoisotopic (exact) mass is 352 g/mol. The van der Waals surface area contributed by atoms with E-state index in [0.29, 0.717) is 35.1 Å². The first-order valence-corrected chi connectivity index (χ1v) is 9.52. The smallest absolute Gasteiger partial charge is 0.229 e. The van der Waals surface area contributed by atoms with Crippen molar-refractivity contribution in [2.24, 2.45) is 11.3 Å². The molecule has 7 heteroatoms. The van der Waals surface area contributed by atoms with Crippen molar-refractivity contribution in [3.8, 4) is 0 Å².